The lowest BCUT2D eigenvalue weighted by Crippen LogP contribution is -2.22. The second-order valence-corrected chi connectivity index (χ2v) is 7.53. The predicted octanol–water partition coefficient (Wildman–Crippen LogP) is 5.83. The van der Waals surface area contributed by atoms with E-state index < -0.39 is 29.3 Å². The summed E-state index contributed by atoms with van der Waals surface area (Å²) in [5.74, 6) is -1.97. The van der Waals surface area contributed by atoms with E-state index in [1.165, 1.54) is 19.2 Å². The minimum Gasteiger partial charge on any atom is -0.383 e. The van der Waals surface area contributed by atoms with Gasteiger partial charge in [-0.3, -0.25) is 4.79 Å². The molecule has 0 radical (unpaired) electrons. The first-order chi connectivity index (χ1) is 14.2. The number of carbonyl (C=O) groups is 1. The first-order valence-corrected chi connectivity index (χ1v) is 9.69. The monoisotopic (exact) mass is 440 g/mol. The molecule has 1 aromatic heterocycles. The maximum absolute atomic E-state index is 13.8. The van der Waals surface area contributed by atoms with Crippen molar-refractivity contribution in [1.29, 1.82) is 0 Å². The zero-order chi connectivity index (χ0) is 21.9. The van der Waals surface area contributed by atoms with Crippen LogP contribution in [0.2, 0.25) is 0 Å². The van der Waals surface area contributed by atoms with E-state index in [1.807, 2.05) is 0 Å². The highest BCUT2D eigenvalue weighted by Gasteiger charge is 2.31. The van der Waals surface area contributed by atoms with E-state index in [9.17, 15) is 26.7 Å². The molecule has 0 fully saturated rings. The summed E-state index contributed by atoms with van der Waals surface area (Å²) in [7, 11) is 1.40. The second kappa shape index (κ2) is 8.83. The molecule has 1 aliphatic rings. The van der Waals surface area contributed by atoms with Gasteiger partial charge < -0.3 is 10.6 Å². The summed E-state index contributed by atoms with van der Waals surface area (Å²) in [6.07, 6.45) is 0.737. The van der Waals surface area contributed by atoms with Gasteiger partial charge in [-0.1, -0.05) is 18.2 Å². The molecule has 2 N–H and O–H groups in total. The highest BCUT2D eigenvalue weighted by molar-refractivity contribution is 7.15. The van der Waals surface area contributed by atoms with Gasteiger partial charge in [0, 0.05) is 18.5 Å². The van der Waals surface area contributed by atoms with E-state index in [4.69, 9.17) is 0 Å². The molecule has 158 valence electrons. The summed E-state index contributed by atoms with van der Waals surface area (Å²) in [6, 6.07) is 5.47. The van der Waals surface area contributed by atoms with E-state index in [1.54, 1.807) is 12.1 Å². The zero-order valence-electron chi connectivity index (χ0n) is 15.7. The molecule has 0 spiro atoms. The maximum Gasteiger partial charge on any atom is 0.416 e. The summed E-state index contributed by atoms with van der Waals surface area (Å²) in [6.45, 7) is -0.0764. The van der Waals surface area contributed by atoms with Gasteiger partial charge in [-0.2, -0.15) is 13.2 Å². The van der Waals surface area contributed by atoms with Gasteiger partial charge in [-0.25, -0.2) is 8.78 Å². The van der Waals surface area contributed by atoms with Crippen LogP contribution in [-0.2, 0) is 6.54 Å². The highest BCUT2D eigenvalue weighted by atomic mass is 32.1. The molecule has 30 heavy (non-hydrogen) atoms. The molecule has 1 amide bonds. The molecule has 0 atom stereocenters. The zero-order valence-corrected chi connectivity index (χ0v) is 16.6. The largest absolute Gasteiger partial charge is 0.416 e. The number of hydrogen-bond acceptors (Lipinski definition) is 3. The number of amides is 1. The molecular formula is C21H17F5N2OS. The van der Waals surface area contributed by atoms with Crippen LogP contribution in [0.3, 0.4) is 0 Å². The quantitative estimate of drug-likeness (QED) is 0.575. The van der Waals surface area contributed by atoms with Crippen molar-refractivity contribution in [1.82, 2.24) is 5.32 Å². The summed E-state index contributed by atoms with van der Waals surface area (Å²) >= 11 is 1.13. The van der Waals surface area contributed by atoms with Crippen LogP contribution in [0.25, 0.3) is 5.57 Å². The Bertz CT molecular complexity index is 1030. The van der Waals surface area contributed by atoms with Gasteiger partial charge in [0.2, 0.25) is 0 Å². The smallest absolute Gasteiger partial charge is 0.383 e. The Hall–Kier alpha value is -2.94. The molecule has 0 unspecified atom stereocenters. The molecule has 1 aromatic carbocycles. The molecule has 0 bridgehead atoms. The molecule has 3 nitrogen and oxygen atoms in total. The summed E-state index contributed by atoms with van der Waals surface area (Å²) in [4.78, 5) is 13.4. The van der Waals surface area contributed by atoms with Crippen LogP contribution in [0.5, 0.6) is 0 Å². The van der Waals surface area contributed by atoms with Crippen LogP contribution in [0, 0.1) is 11.6 Å². The highest BCUT2D eigenvalue weighted by Crippen LogP contribution is 2.33. The Morgan fingerprint density at radius 1 is 1.13 bits per heavy atom. The van der Waals surface area contributed by atoms with Crippen molar-refractivity contribution in [2.75, 3.05) is 12.4 Å². The van der Waals surface area contributed by atoms with Crippen molar-refractivity contribution in [3.63, 3.8) is 0 Å². The summed E-state index contributed by atoms with van der Waals surface area (Å²) in [5.41, 5.74) is -0.0749. The fourth-order valence-corrected chi connectivity index (χ4v) is 3.82. The molecule has 0 aliphatic heterocycles. The molecule has 1 aliphatic carbocycles. The van der Waals surface area contributed by atoms with Gasteiger partial charge in [0.05, 0.1) is 10.5 Å². The maximum atomic E-state index is 13.8. The molecule has 2 aromatic rings. The van der Waals surface area contributed by atoms with E-state index in [2.05, 4.69) is 10.6 Å². The van der Waals surface area contributed by atoms with E-state index in [-0.39, 0.29) is 17.8 Å². The normalized spacial score (nSPS) is 14.1. The molecule has 1 heterocycles. The number of alkyl halides is 3. The number of nitrogens with one attached hydrogen (secondary N) is 2. The van der Waals surface area contributed by atoms with Crippen molar-refractivity contribution in [3.05, 3.63) is 81.1 Å². The first-order valence-electron chi connectivity index (χ1n) is 8.87. The average molecular weight is 440 g/mol. The Balaban J connectivity index is 1.69. The lowest BCUT2D eigenvalue weighted by atomic mass is 10.1. The minimum atomic E-state index is -4.42. The van der Waals surface area contributed by atoms with Crippen molar-refractivity contribution < 1.29 is 26.7 Å². The Morgan fingerprint density at radius 2 is 1.83 bits per heavy atom. The summed E-state index contributed by atoms with van der Waals surface area (Å²) in [5, 5.41) is 5.00. The third kappa shape index (κ3) is 4.96. The van der Waals surface area contributed by atoms with Crippen LogP contribution in [0.15, 0.2) is 54.1 Å². The van der Waals surface area contributed by atoms with Crippen LogP contribution in [-0.4, -0.2) is 19.1 Å². The van der Waals surface area contributed by atoms with Gasteiger partial charge in [0.1, 0.15) is 17.3 Å². The summed E-state index contributed by atoms with van der Waals surface area (Å²) < 4.78 is 66.1. The second-order valence-electron chi connectivity index (χ2n) is 6.45. The molecule has 0 saturated carbocycles. The Kier molecular flexibility index (Phi) is 6.40. The number of anilines is 1. The molecule has 0 saturated heterocycles. The predicted molar refractivity (Wildman–Crippen MR) is 107 cm³/mol. The van der Waals surface area contributed by atoms with Crippen molar-refractivity contribution in [3.8, 4) is 0 Å². The number of hydrogen-bond donors (Lipinski definition) is 2. The molecular weight excluding hydrogens is 423 g/mol. The SMILES string of the molecule is CNc1c(F)cc(CNC(=O)c2ccc(C3=CC=C(C(F)(F)F)C=CC3)s2)cc1F. The van der Waals surface area contributed by atoms with Gasteiger partial charge >= 0.3 is 6.18 Å². The van der Waals surface area contributed by atoms with E-state index in [0.29, 0.717) is 21.7 Å². The third-order valence-electron chi connectivity index (χ3n) is 4.38. The fraction of sp³-hybridized carbons (Fsp3) is 0.190. The van der Waals surface area contributed by atoms with Gasteiger partial charge in [-0.05, 0) is 47.9 Å². The van der Waals surface area contributed by atoms with Crippen molar-refractivity contribution in [2.45, 2.75) is 19.1 Å². The van der Waals surface area contributed by atoms with Crippen molar-refractivity contribution in [2.24, 2.45) is 0 Å². The Morgan fingerprint density at radius 3 is 2.47 bits per heavy atom. The van der Waals surface area contributed by atoms with Crippen LogP contribution >= 0.6 is 11.3 Å². The molecule has 9 heteroatoms. The number of carbonyl (C=O) groups excluding carboxylic acids is 1. The van der Waals surface area contributed by atoms with Gasteiger partial charge in [-0.15, -0.1) is 11.3 Å². The number of halogens is 5. The van der Waals surface area contributed by atoms with Gasteiger partial charge in [0.15, 0.2) is 0 Å². The Labute approximate surface area is 173 Å². The number of rotatable bonds is 5. The molecule has 3 rings (SSSR count). The number of benzene rings is 1. The fourth-order valence-electron chi connectivity index (χ4n) is 2.87. The lowest BCUT2D eigenvalue weighted by molar-refractivity contribution is -0.0881. The number of thiophene rings is 1. The average Bonchev–Trinajstić information content (AvgIpc) is 3.02. The first kappa shape index (κ1) is 21.8. The minimum absolute atomic E-state index is 0.0764. The van der Waals surface area contributed by atoms with Crippen LogP contribution in [0.1, 0.15) is 26.5 Å². The van der Waals surface area contributed by atoms with Gasteiger partial charge in [0.25, 0.3) is 5.91 Å². The van der Waals surface area contributed by atoms with E-state index in [0.717, 1.165) is 35.6 Å². The topological polar surface area (TPSA) is 41.1 Å². The standard InChI is InChI=1S/C21H17F5N2OS/c1-27-19-15(22)9-12(10-16(19)23)11-28-20(29)18-8-7-17(30-18)13-3-2-4-14(6-5-13)21(24,25)26/h2,4-10,27H,3,11H2,1H3,(H,28,29). The van der Waals surface area contributed by atoms with E-state index >= 15 is 0 Å². The lowest BCUT2D eigenvalue weighted by Gasteiger charge is -2.08. The van der Waals surface area contributed by atoms with Crippen LogP contribution in [0.4, 0.5) is 27.6 Å². The number of allylic oxidation sites excluding steroid dienone is 6. The van der Waals surface area contributed by atoms with Crippen molar-refractivity contribution >= 4 is 28.5 Å². The van der Waals surface area contributed by atoms with Crippen LogP contribution < -0.4 is 10.6 Å². The third-order valence-corrected chi connectivity index (χ3v) is 5.54.